The Morgan fingerprint density at radius 1 is 0.886 bits per heavy atom. The van der Waals surface area contributed by atoms with E-state index in [9.17, 15) is 14.7 Å². The topological polar surface area (TPSA) is 149 Å². The van der Waals surface area contributed by atoms with E-state index >= 15 is 0 Å². The first-order valence-electron chi connectivity index (χ1n) is 14.4. The van der Waals surface area contributed by atoms with Crippen molar-refractivity contribution < 1.29 is 24.2 Å². The van der Waals surface area contributed by atoms with Crippen LogP contribution >= 0.6 is 11.8 Å². The highest BCUT2D eigenvalue weighted by Crippen LogP contribution is 2.39. The van der Waals surface area contributed by atoms with E-state index in [0.29, 0.717) is 40.8 Å². The van der Waals surface area contributed by atoms with Crippen LogP contribution < -0.4 is 16.4 Å². The summed E-state index contributed by atoms with van der Waals surface area (Å²) in [7, 11) is 0. The van der Waals surface area contributed by atoms with E-state index < -0.39 is 6.29 Å². The van der Waals surface area contributed by atoms with E-state index in [1.165, 1.54) is 11.8 Å². The van der Waals surface area contributed by atoms with Crippen molar-refractivity contribution in [3.8, 4) is 0 Å². The van der Waals surface area contributed by atoms with Crippen molar-refractivity contribution in [2.24, 2.45) is 0 Å². The lowest BCUT2D eigenvalue weighted by Crippen LogP contribution is -2.31. The lowest BCUT2D eigenvalue weighted by Gasteiger charge is -2.36. The maximum Gasteiger partial charge on any atom is 0.224 e. The summed E-state index contributed by atoms with van der Waals surface area (Å²) in [6, 6.07) is 23.9. The van der Waals surface area contributed by atoms with Crippen LogP contribution in [0.15, 0.2) is 96.4 Å². The van der Waals surface area contributed by atoms with Crippen LogP contribution in [0.25, 0.3) is 0 Å². The van der Waals surface area contributed by atoms with Crippen molar-refractivity contribution in [3.63, 3.8) is 0 Å². The summed E-state index contributed by atoms with van der Waals surface area (Å²) < 4.78 is 12.8. The van der Waals surface area contributed by atoms with Crippen molar-refractivity contribution in [3.05, 3.63) is 108 Å². The zero-order chi connectivity index (χ0) is 30.7. The van der Waals surface area contributed by atoms with E-state index in [-0.39, 0.29) is 43.5 Å². The van der Waals surface area contributed by atoms with Crippen molar-refractivity contribution in [2.75, 3.05) is 22.1 Å². The van der Waals surface area contributed by atoms with Gasteiger partial charge in [-0.1, -0.05) is 60.3 Å². The number of carbonyl (C=O) groups excluding carboxylic acids is 2. The Morgan fingerprint density at radius 3 is 2.39 bits per heavy atom. The molecular formula is C33H35N5O5S. The second kappa shape index (κ2) is 15.4. The van der Waals surface area contributed by atoms with Gasteiger partial charge < -0.3 is 30.9 Å². The molecule has 11 heteroatoms. The first-order valence-corrected chi connectivity index (χ1v) is 15.4. The maximum absolute atomic E-state index is 12.7. The van der Waals surface area contributed by atoms with Gasteiger partial charge in [-0.25, -0.2) is 9.97 Å². The standard InChI is InChI=1S/C33H35N5O5S/c34-27-8-1-2-9-28(27)38-31(41)11-4-10-30(40)37-25-7-3-6-24(18-25)32-42-26(21-44-33-35-16-5-17-36-33)19-29(43-32)23-14-12-22(20-39)13-15-23/h1-3,5-9,12-18,26,29,32,39H,4,10-11,19-21,34H2,(H,37,40)(H,38,41). The van der Waals surface area contributed by atoms with Gasteiger partial charge in [0.15, 0.2) is 11.4 Å². The zero-order valence-corrected chi connectivity index (χ0v) is 24.9. The number of amides is 2. The first kappa shape index (κ1) is 31.1. The second-order valence-electron chi connectivity index (χ2n) is 10.4. The molecule has 0 bridgehead atoms. The minimum Gasteiger partial charge on any atom is -0.397 e. The van der Waals surface area contributed by atoms with Gasteiger partial charge in [-0.15, -0.1) is 0 Å². The minimum absolute atomic E-state index is 0.0254. The molecule has 3 atom stereocenters. The number of hydrogen-bond donors (Lipinski definition) is 4. The van der Waals surface area contributed by atoms with Crippen LogP contribution in [0.3, 0.4) is 0 Å². The summed E-state index contributed by atoms with van der Waals surface area (Å²) in [5.74, 6) is 0.241. The SMILES string of the molecule is Nc1ccccc1NC(=O)CCCC(=O)Nc1cccc(C2OC(CSc3ncccn3)CC(c3ccc(CO)cc3)O2)c1. The normalized spacial score (nSPS) is 18.0. The summed E-state index contributed by atoms with van der Waals surface area (Å²) in [5.41, 5.74) is 10.1. The molecule has 1 aliphatic rings. The summed E-state index contributed by atoms with van der Waals surface area (Å²) in [4.78, 5) is 33.6. The van der Waals surface area contributed by atoms with Gasteiger partial charge in [0.25, 0.3) is 0 Å². The Labute approximate surface area is 260 Å². The molecule has 5 N–H and O–H groups in total. The summed E-state index contributed by atoms with van der Waals surface area (Å²) in [5, 5.41) is 15.8. The van der Waals surface area contributed by atoms with Gasteiger partial charge in [0.1, 0.15) is 0 Å². The fourth-order valence-corrected chi connectivity index (χ4v) is 5.59. The molecule has 2 heterocycles. The Morgan fingerprint density at radius 2 is 1.64 bits per heavy atom. The number of nitrogens with two attached hydrogens (primary N) is 1. The van der Waals surface area contributed by atoms with Gasteiger partial charge in [-0.3, -0.25) is 9.59 Å². The Hall–Kier alpha value is -4.29. The molecule has 0 spiro atoms. The molecule has 4 aromatic rings. The van der Waals surface area contributed by atoms with Gasteiger partial charge >= 0.3 is 0 Å². The highest BCUT2D eigenvalue weighted by Gasteiger charge is 2.32. The Kier molecular flexibility index (Phi) is 10.9. The number of nitrogens with one attached hydrogen (secondary N) is 2. The lowest BCUT2D eigenvalue weighted by atomic mass is 10.0. The summed E-state index contributed by atoms with van der Waals surface area (Å²) in [6.07, 6.45) is 3.77. The zero-order valence-electron chi connectivity index (χ0n) is 24.1. The number of carbonyl (C=O) groups is 2. The van der Waals surface area contributed by atoms with Crippen LogP contribution in [-0.2, 0) is 25.7 Å². The lowest BCUT2D eigenvalue weighted by molar-refractivity contribution is -0.245. The molecule has 5 rings (SSSR count). The molecule has 10 nitrogen and oxygen atoms in total. The third-order valence-electron chi connectivity index (χ3n) is 7.04. The quantitative estimate of drug-likeness (QED) is 0.0905. The Bertz CT molecular complexity index is 1540. The molecule has 228 valence electrons. The third-order valence-corrected chi connectivity index (χ3v) is 8.05. The molecule has 0 saturated carbocycles. The predicted octanol–water partition coefficient (Wildman–Crippen LogP) is 5.64. The van der Waals surface area contributed by atoms with E-state index in [1.807, 2.05) is 42.5 Å². The van der Waals surface area contributed by atoms with Crippen LogP contribution in [0, 0.1) is 0 Å². The van der Waals surface area contributed by atoms with Crippen LogP contribution in [-0.4, -0.2) is 38.7 Å². The minimum atomic E-state index is -0.667. The number of aromatic nitrogens is 2. The number of benzene rings is 3. The van der Waals surface area contributed by atoms with Crippen molar-refractivity contribution in [1.29, 1.82) is 0 Å². The van der Waals surface area contributed by atoms with Crippen LogP contribution in [0.4, 0.5) is 17.1 Å². The van der Waals surface area contributed by atoms with Crippen molar-refractivity contribution >= 4 is 40.6 Å². The molecule has 1 aliphatic heterocycles. The van der Waals surface area contributed by atoms with Gasteiger partial charge in [0.2, 0.25) is 11.8 Å². The molecule has 0 aliphatic carbocycles. The van der Waals surface area contributed by atoms with Gasteiger partial charge in [-0.05, 0) is 47.9 Å². The van der Waals surface area contributed by atoms with Crippen LogP contribution in [0.2, 0.25) is 0 Å². The average Bonchev–Trinajstić information content (AvgIpc) is 3.05. The number of aliphatic hydroxyl groups is 1. The smallest absolute Gasteiger partial charge is 0.224 e. The number of aliphatic hydroxyl groups excluding tert-OH is 1. The number of ether oxygens (including phenoxy) is 2. The van der Waals surface area contributed by atoms with E-state index in [2.05, 4.69) is 20.6 Å². The molecule has 1 aromatic heterocycles. The molecule has 3 unspecified atom stereocenters. The molecule has 0 radical (unpaired) electrons. The molecule has 44 heavy (non-hydrogen) atoms. The third kappa shape index (κ3) is 8.87. The molecule has 1 saturated heterocycles. The van der Waals surface area contributed by atoms with Crippen LogP contribution in [0.1, 0.15) is 54.8 Å². The van der Waals surface area contributed by atoms with E-state index in [1.54, 1.807) is 48.8 Å². The second-order valence-corrected chi connectivity index (χ2v) is 11.3. The fourth-order valence-electron chi connectivity index (χ4n) is 4.77. The largest absolute Gasteiger partial charge is 0.397 e. The molecule has 1 fully saturated rings. The first-order chi connectivity index (χ1) is 21.5. The maximum atomic E-state index is 12.7. The highest BCUT2D eigenvalue weighted by molar-refractivity contribution is 7.99. The van der Waals surface area contributed by atoms with Gasteiger partial charge in [-0.2, -0.15) is 0 Å². The van der Waals surface area contributed by atoms with Gasteiger partial charge in [0, 0.05) is 48.7 Å². The molecule has 2 amide bonds. The number of thioether (sulfide) groups is 1. The number of rotatable bonds is 12. The number of para-hydroxylation sites is 2. The average molecular weight is 614 g/mol. The predicted molar refractivity (Wildman–Crippen MR) is 170 cm³/mol. The van der Waals surface area contributed by atoms with Gasteiger partial charge in [0.05, 0.1) is 30.2 Å². The summed E-state index contributed by atoms with van der Waals surface area (Å²) in [6.45, 7) is -0.0254. The fraction of sp³-hybridized carbons (Fsp3) is 0.273. The highest BCUT2D eigenvalue weighted by atomic mass is 32.2. The van der Waals surface area contributed by atoms with E-state index in [0.717, 1.165) is 16.7 Å². The molecule has 3 aromatic carbocycles. The Balaban J connectivity index is 1.20. The van der Waals surface area contributed by atoms with Crippen LogP contribution in [0.5, 0.6) is 0 Å². The molecular weight excluding hydrogens is 578 g/mol. The van der Waals surface area contributed by atoms with E-state index in [4.69, 9.17) is 15.2 Å². The number of nitrogens with zero attached hydrogens (tertiary/aromatic N) is 2. The number of hydrogen-bond acceptors (Lipinski definition) is 9. The van der Waals surface area contributed by atoms with Crippen molar-refractivity contribution in [2.45, 2.75) is 55.9 Å². The summed E-state index contributed by atoms with van der Waals surface area (Å²) >= 11 is 1.52. The number of nitrogen functional groups attached to an aromatic ring is 1. The van der Waals surface area contributed by atoms with Crippen molar-refractivity contribution in [1.82, 2.24) is 9.97 Å². The monoisotopic (exact) mass is 613 g/mol. The number of anilines is 3.